The fourth-order valence-corrected chi connectivity index (χ4v) is 3.92. The lowest BCUT2D eigenvalue weighted by atomic mass is 9.73. The molecule has 110 valence electrons. The number of aliphatic hydroxyl groups excluding tert-OH is 1. The highest BCUT2D eigenvalue weighted by Crippen LogP contribution is 2.52. The number of aliphatic hydroxyl groups is 3. The minimum atomic E-state index is -1.38. The monoisotopic (exact) mass is 280 g/mol. The van der Waals surface area contributed by atoms with Crippen LogP contribution in [0, 0.1) is 17.8 Å². The van der Waals surface area contributed by atoms with Crippen LogP contribution in [0.2, 0.25) is 0 Å². The smallest absolute Gasteiger partial charge is 0.334 e. The molecule has 3 rings (SSSR count). The maximum absolute atomic E-state index is 11.8. The van der Waals surface area contributed by atoms with Gasteiger partial charge in [-0.25, -0.2) is 4.79 Å². The zero-order valence-electron chi connectivity index (χ0n) is 11.6. The standard InChI is InChI=1S/C15H20O5/c1-7-8-6-10(16)15(3,19)9-4-5-14(2,18)11(9)12(8)20-13(7)17/h4-5,8-12,16,18-19H,1,6H2,2-3H3. The Kier molecular flexibility index (Phi) is 2.71. The molecule has 7 atom stereocenters. The average Bonchev–Trinajstić information content (AvgIpc) is 2.77. The van der Waals surface area contributed by atoms with E-state index in [0.717, 1.165) is 0 Å². The highest BCUT2D eigenvalue weighted by atomic mass is 16.6. The van der Waals surface area contributed by atoms with Gasteiger partial charge in [-0.15, -0.1) is 0 Å². The first-order valence-electron chi connectivity index (χ1n) is 6.88. The Hall–Kier alpha value is -1.17. The topological polar surface area (TPSA) is 87.0 Å². The Morgan fingerprint density at radius 3 is 2.70 bits per heavy atom. The van der Waals surface area contributed by atoms with Crippen LogP contribution >= 0.6 is 0 Å². The number of esters is 1. The zero-order chi connectivity index (χ0) is 14.9. The van der Waals surface area contributed by atoms with Crippen LogP contribution in [0.3, 0.4) is 0 Å². The Morgan fingerprint density at radius 1 is 1.40 bits per heavy atom. The average molecular weight is 280 g/mol. The number of hydrogen-bond acceptors (Lipinski definition) is 5. The third kappa shape index (κ3) is 1.63. The molecule has 0 aromatic heterocycles. The molecule has 3 aliphatic rings. The van der Waals surface area contributed by atoms with Gasteiger partial charge in [-0.05, 0) is 20.3 Å². The summed E-state index contributed by atoms with van der Waals surface area (Å²) in [6.45, 7) is 6.93. The Bertz CT molecular complexity index is 504. The van der Waals surface area contributed by atoms with E-state index in [-0.39, 0.29) is 12.3 Å². The zero-order valence-corrected chi connectivity index (χ0v) is 11.6. The second-order valence-corrected chi connectivity index (χ2v) is 6.62. The lowest BCUT2D eigenvalue weighted by molar-refractivity contribution is -0.151. The molecule has 0 radical (unpaired) electrons. The van der Waals surface area contributed by atoms with Gasteiger partial charge in [-0.1, -0.05) is 18.7 Å². The van der Waals surface area contributed by atoms with Gasteiger partial charge in [-0.2, -0.15) is 0 Å². The molecule has 3 N–H and O–H groups in total. The predicted octanol–water partition coefficient (Wildman–Crippen LogP) is 0.153. The van der Waals surface area contributed by atoms with E-state index < -0.39 is 41.2 Å². The van der Waals surface area contributed by atoms with Crippen molar-refractivity contribution in [2.45, 2.75) is 43.7 Å². The van der Waals surface area contributed by atoms with Crippen LogP contribution in [0.1, 0.15) is 20.3 Å². The SMILES string of the molecule is C=C1C(=O)OC2C1CC(O)C(C)(O)C1C=CC(C)(O)C21. The molecule has 0 amide bonds. The van der Waals surface area contributed by atoms with Crippen molar-refractivity contribution in [3.05, 3.63) is 24.3 Å². The van der Waals surface area contributed by atoms with E-state index in [1.54, 1.807) is 26.0 Å². The maximum Gasteiger partial charge on any atom is 0.334 e. The summed E-state index contributed by atoms with van der Waals surface area (Å²) in [7, 11) is 0. The Morgan fingerprint density at radius 2 is 2.05 bits per heavy atom. The molecule has 1 aliphatic heterocycles. The van der Waals surface area contributed by atoms with Gasteiger partial charge >= 0.3 is 5.97 Å². The van der Waals surface area contributed by atoms with E-state index in [0.29, 0.717) is 5.57 Å². The van der Waals surface area contributed by atoms with Crippen LogP contribution in [0.5, 0.6) is 0 Å². The van der Waals surface area contributed by atoms with Crippen molar-refractivity contribution in [1.82, 2.24) is 0 Å². The van der Waals surface area contributed by atoms with Gasteiger partial charge in [0.2, 0.25) is 0 Å². The van der Waals surface area contributed by atoms with Crippen molar-refractivity contribution in [3.63, 3.8) is 0 Å². The second-order valence-electron chi connectivity index (χ2n) is 6.62. The molecule has 5 nitrogen and oxygen atoms in total. The number of carbonyl (C=O) groups is 1. The van der Waals surface area contributed by atoms with Crippen molar-refractivity contribution in [1.29, 1.82) is 0 Å². The van der Waals surface area contributed by atoms with E-state index in [9.17, 15) is 20.1 Å². The fraction of sp³-hybridized carbons (Fsp3) is 0.667. The van der Waals surface area contributed by atoms with Gasteiger partial charge < -0.3 is 20.1 Å². The Labute approximate surface area is 117 Å². The third-order valence-electron chi connectivity index (χ3n) is 5.23. The molecule has 0 aromatic rings. The molecule has 1 saturated heterocycles. The number of carbonyl (C=O) groups excluding carboxylic acids is 1. The van der Waals surface area contributed by atoms with E-state index in [1.807, 2.05) is 0 Å². The largest absolute Gasteiger partial charge is 0.458 e. The molecule has 0 aromatic carbocycles. The lowest BCUT2D eigenvalue weighted by Gasteiger charge is -2.39. The summed E-state index contributed by atoms with van der Waals surface area (Å²) in [5.74, 6) is -1.80. The number of ether oxygens (including phenoxy) is 1. The van der Waals surface area contributed by atoms with Crippen molar-refractivity contribution in [3.8, 4) is 0 Å². The van der Waals surface area contributed by atoms with Gasteiger partial charge in [0.25, 0.3) is 0 Å². The molecular formula is C15H20O5. The molecule has 0 bridgehead atoms. The summed E-state index contributed by atoms with van der Waals surface area (Å²) < 4.78 is 5.39. The van der Waals surface area contributed by atoms with Crippen LogP contribution in [-0.4, -0.2) is 44.7 Å². The first-order valence-corrected chi connectivity index (χ1v) is 6.88. The minimum absolute atomic E-state index is 0.208. The minimum Gasteiger partial charge on any atom is -0.458 e. The molecule has 20 heavy (non-hydrogen) atoms. The van der Waals surface area contributed by atoms with E-state index in [1.165, 1.54) is 0 Å². The van der Waals surface area contributed by atoms with Gasteiger partial charge in [-0.3, -0.25) is 0 Å². The Balaban J connectivity index is 2.10. The fourth-order valence-electron chi connectivity index (χ4n) is 3.92. The highest BCUT2D eigenvalue weighted by Gasteiger charge is 2.61. The third-order valence-corrected chi connectivity index (χ3v) is 5.23. The molecule has 2 aliphatic carbocycles. The predicted molar refractivity (Wildman–Crippen MR) is 70.5 cm³/mol. The summed E-state index contributed by atoms with van der Waals surface area (Å²) >= 11 is 0. The number of fused-ring (bicyclic) bond motifs is 3. The molecule has 0 spiro atoms. The quantitative estimate of drug-likeness (QED) is 0.334. The first kappa shape index (κ1) is 13.8. The summed E-state index contributed by atoms with van der Waals surface area (Å²) in [6.07, 6.45) is 1.97. The number of hydrogen-bond donors (Lipinski definition) is 3. The maximum atomic E-state index is 11.8. The summed E-state index contributed by atoms with van der Waals surface area (Å²) in [6, 6.07) is 0. The van der Waals surface area contributed by atoms with Crippen LogP contribution in [0.4, 0.5) is 0 Å². The van der Waals surface area contributed by atoms with Crippen LogP contribution < -0.4 is 0 Å². The van der Waals surface area contributed by atoms with Gasteiger partial charge in [0.15, 0.2) is 0 Å². The molecule has 5 heteroatoms. The van der Waals surface area contributed by atoms with Gasteiger partial charge in [0.05, 0.1) is 17.3 Å². The van der Waals surface area contributed by atoms with Gasteiger partial charge in [0.1, 0.15) is 6.10 Å². The molecule has 7 unspecified atom stereocenters. The van der Waals surface area contributed by atoms with Gasteiger partial charge in [0, 0.05) is 23.3 Å². The first-order chi connectivity index (χ1) is 9.16. The molecular weight excluding hydrogens is 260 g/mol. The second kappa shape index (κ2) is 3.93. The summed E-state index contributed by atoms with van der Waals surface area (Å²) in [5.41, 5.74) is -2.25. The van der Waals surface area contributed by atoms with Crippen LogP contribution in [0.15, 0.2) is 24.3 Å². The molecule has 1 heterocycles. The molecule has 1 saturated carbocycles. The normalized spacial score (nSPS) is 54.4. The molecule has 2 fully saturated rings. The summed E-state index contributed by atoms with van der Waals surface area (Å²) in [4.78, 5) is 11.8. The summed E-state index contributed by atoms with van der Waals surface area (Å²) in [5, 5.41) is 31.5. The van der Waals surface area contributed by atoms with Crippen molar-refractivity contribution < 1.29 is 24.9 Å². The van der Waals surface area contributed by atoms with Crippen molar-refractivity contribution >= 4 is 5.97 Å². The van der Waals surface area contributed by atoms with Crippen LogP contribution in [0.25, 0.3) is 0 Å². The van der Waals surface area contributed by atoms with Crippen LogP contribution in [-0.2, 0) is 9.53 Å². The van der Waals surface area contributed by atoms with E-state index >= 15 is 0 Å². The van der Waals surface area contributed by atoms with E-state index in [4.69, 9.17) is 4.74 Å². The van der Waals surface area contributed by atoms with Crippen molar-refractivity contribution in [2.24, 2.45) is 17.8 Å². The highest BCUT2D eigenvalue weighted by molar-refractivity contribution is 5.91. The van der Waals surface area contributed by atoms with E-state index in [2.05, 4.69) is 6.58 Å². The van der Waals surface area contributed by atoms with Crippen molar-refractivity contribution in [2.75, 3.05) is 0 Å². The lowest BCUT2D eigenvalue weighted by Crippen LogP contribution is -2.50. The number of rotatable bonds is 0.